The number of rotatable bonds is 7. The average molecular weight is 222 g/mol. The molecule has 0 radical (unpaired) electrons. The van der Waals surface area contributed by atoms with Gasteiger partial charge < -0.3 is 0 Å². The lowest BCUT2D eigenvalue weighted by Crippen LogP contribution is -2.36. The molecule has 3 N–H and O–H groups in total. The van der Waals surface area contributed by atoms with Crippen LogP contribution in [-0.4, -0.2) is 6.04 Å². The van der Waals surface area contributed by atoms with Crippen molar-refractivity contribution in [1.29, 1.82) is 0 Å². The van der Waals surface area contributed by atoms with Gasteiger partial charge in [0.05, 0.1) is 0 Å². The summed E-state index contributed by atoms with van der Waals surface area (Å²) in [7, 11) is 0. The normalized spacial score (nSPS) is 12.4. The Balaban J connectivity index is 2.49. The first-order valence-corrected chi connectivity index (χ1v) is 5.58. The highest BCUT2D eigenvalue weighted by Gasteiger charge is 2.09. The van der Waals surface area contributed by atoms with Crippen molar-refractivity contribution in [3.05, 3.63) is 48.3 Å². The van der Waals surface area contributed by atoms with Gasteiger partial charge in [0.25, 0.3) is 0 Å². The number of benzene rings is 1. The van der Waals surface area contributed by atoms with Gasteiger partial charge in [-0.3, -0.25) is 11.3 Å². The van der Waals surface area contributed by atoms with Crippen LogP contribution in [0.2, 0.25) is 0 Å². The van der Waals surface area contributed by atoms with E-state index in [1.54, 1.807) is 12.1 Å². The van der Waals surface area contributed by atoms with Crippen LogP contribution in [0.4, 0.5) is 4.39 Å². The first-order chi connectivity index (χ1) is 7.77. The Morgan fingerprint density at radius 2 is 2.19 bits per heavy atom. The molecule has 1 atom stereocenters. The zero-order valence-corrected chi connectivity index (χ0v) is 9.45. The topological polar surface area (TPSA) is 38.0 Å². The number of nitrogens with one attached hydrogen (secondary N) is 1. The fraction of sp³-hybridized carbons (Fsp3) is 0.385. The molecule has 0 saturated carbocycles. The van der Waals surface area contributed by atoms with Gasteiger partial charge in [-0.2, -0.15) is 0 Å². The van der Waals surface area contributed by atoms with E-state index in [1.165, 1.54) is 6.07 Å². The smallest absolute Gasteiger partial charge is 0.126 e. The maximum Gasteiger partial charge on any atom is 0.126 e. The number of hydrogen-bond donors (Lipinski definition) is 2. The molecule has 0 spiro atoms. The molecule has 1 rings (SSSR count). The van der Waals surface area contributed by atoms with Gasteiger partial charge in [-0.1, -0.05) is 24.3 Å². The van der Waals surface area contributed by atoms with Crippen LogP contribution in [0.5, 0.6) is 0 Å². The van der Waals surface area contributed by atoms with E-state index in [9.17, 15) is 4.39 Å². The van der Waals surface area contributed by atoms with Crippen molar-refractivity contribution in [2.75, 3.05) is 0 Å². The van der Waals surface area contributed by atoms with E-state index in [4.69, 9.17) is 5.84 Å². The van der Waals surface area contributed by atoms with Crippen molar-refractivity contribution in [3.63, 3.8) is 0 Å². The molecule has 0 aliphatic rings. The molecule has 0 saturated heterocycles. The van der Waals surface area contributed by atoms with Gasteiger partial charge >= 0.3 is 0 Å². The van der Waals surface area contributed by atoms with E-state index in [1.807, 2.05) is 12.1 Å². The molecular weight excluding hydrogens is 203 g/mol. The fourth-order valence-electron chi connectivity index (χ4n) is 1.68. The highest BCUT2D eigenvalue weighted by molar-refractivity contribution is 5.18. The van der Waals surface area contributed by atoms with E-state index < -0.39 is 0 Å². The Hall–Kier alpha value is -1.19. The molecule has 0 bridgehead atoms. The summed E-state index contributed by atoms with van der Waals surface area (Å²) < 4.78 is 13.4. The molecule has 1 aromatic rings. The molecule has 2 nitrogen and oxygen atoms in total. The first kappa shape index (κ1) is 12.9. The molecule has 1 unspecified atom stereocenters. The van der Waals surface area contributed by atoms with Crippen LogP contribution < -0.4 is 11.3 Å². The van der Waals surface area contributed by atoms with E-state index in [2.05, 4.69) is 12.0 Å². The van der Waals surface area contributed by atoms with E-state index in [0.29, 0.717) is 12.0 Å². The molecular formula is C13H19FN2. The molecule has 0 aromatic heterocycles. The highest BCUT2D eigenvalue weighted by Crippen LogP contribution is 2.12. The molecule has 88 valence electrons. The quantitative estimate of drug-likeness (QED) is 0.322. The number of unbranched alkanes of at least 4 members (excludes halogenated alkanes) is 1. The summed E-state index contributed by atoms with van der Waals surface area (Å²) in [5.41, 5.74) is 3.45. The van der Waals surface area contributed by atoms with Gasteiger partial charge in [-0.05, 0) is 37.3 Å². The van der Waals surface area contributed by atoms with E-state index >= 15 is 0 Å². The average Bonchev–Trinajstić information content (AvgIpc) is 2.30. The van der Waals surface area contributed by atoms with Gasteiger partial charge in [0.1, 0.15) is 5.82 Å². The second-order valence-corrected chi connectivity index (χ2v) is 3.88. The van der Waals surface area contributed by atoms with Crippen LogP contribution in [-0.2, 0) is 6.42 Å². The van der Waals surface area contributed by atoms with Crippen molar-refractivity contribution >= 4 is 0 Å². The summed E-state index contributed by atoms with van der Waals surface area (Å²) >= 11 is 0. The molecule has 0 aliphatic heterocycles. The zero-order chi connectivity index (χ0) is 11.8. The zero-order valence-electron chi connectivity index (χ0n) is 9.45. The van der Waals surface area contributed by atoms with Crippen LogP contribution in [0.1, 0.15) is 24.8 Å². The minimum absolute atomic E-state index is 0.122. The third-order valence-electron chi connectivity index (χ3n) is 2.62. The van der Waals surface area contributed by atoms with Crippen molar-refractivity contribution < 1.29 is 4.39 Å². The molecule has 1 aromatic carbocycles. The molecule has 0 aliphatic carbocycles. The van der Waals surface area contributed by atoms with Crippen molar-refractivity contribution in [2.45, 2.75) is 31.7 Å². The lowest BCUT2D eigenvalue weighted by atomic mass is 10.0. The van der Waals surface area contributed by atoms with Gasteiger partial charge in [-0.15, -0.1) is 6.58 Å². The Labute approximate surface area is 96.3 Å². The minimum atomic E-state index is -0.161. The Morgan fingerprint density at radius 1 is 1.44 bits per heavy atom. The summed E-state index contributed by atoms with van der Waals surface area (Å²) in [6, 6.07) is 6.94. The second kappa shape index (κ2) is 7.14. The summed E-state index contributed by atoms with van der Waals surface area (Å²) in [5, 5.41) is 0. The number of hydrazine groups is 1. The maximum absolute atomic E-state index is 13.4. The predicted octanol–water partition coefficient (Wildman–Crippen LogP) is 2.56. The SMILES string of the molecule is C=CCCCC(Cc1ccccc1F)NN. The van der Waals surface area contributed by atoms with Crippen LogP contribution in [0.25, 0.3) is 0 Å². The number of nitrogens with two attached hydrogens (primary N) is 1. The fourth-order valence-corrected chi connectivity index (χ4v) is 1.68. The number of halogens is 1. The molecule has 0 heterocycles. The summed E-state index contributed by atoms with van der Waals surface area (Å²) in [5.74, 6) is 5.29. The molecule has 16 heavy (non-hydrogen) atoms. The Kier molecular flexibility index (Phi) is 5.75. The third kappa shape index (κ3) is 4.13. The monoisotopic (exact) mass is 222 g/mol. The van der Waals surface area contributed by atoms with Crippen LogP contribution in [0, 0.1) is 5.82 Å². The van der Waals surface area contributed by atoms with Crippen LogP contribution in [0.3, 0.4) is 0 Å². The van der Waals surface area contributed by atoms with Crippen molar-refractivity contribution in [2.24, 2.45) is 5.84 Å². The second-order valence-electron chi connectivity index (χ2n) is 3.88. The van der Waals surface area contributed by atoms with Gasteiger partial charge in [-0.25, -0.2) is 4.39 Å². The standard InChI is InChI=1S/C13H19FN2/c1-2-3-4-8-12(16-15)10-11-7-5-6-9-13(11)14/h2,5-7,9,12,16H,1,3-4,8,10,15H2. The lowest BCUT2D eigenvalue weighted by molar-refractivity contribution is 0.468. The van der Waals surface area contributed by atoms with E-state index in [-0.39, 0.29) is 11.9 Å². The van der Waals surface area contributed by atoms with Gasteiger partial charge in [0.2, 0.25) is 0 Å². The van der Waals surface area contributed by atoms with Crippen molar-refractivity contribution in [3.8, 4) is 0 Å². The van der Waals surface area contributed by atoms with Gasteiger partial charge in [0.15, 0.2) is 0 Å². The molecule has 3 heteroatoms. The van der Waals surface area contributed by atoms with Crippen LogP contribution >= 0.6 is 0 Å². The molecule has 0 fully saturated rings. The van der Waals surface area contributed by atoms with Crippen molar-refractivity contribution in [1.82, 2.24) is 5.43 Å². The first-order valence-electron chi connectivity index (χ1n) is 5.58. The Morgan fingerprint density at radius 3 is 2.81 bits per heavy atom. The third-order valence-corrected chi connectivity index (χ3v) is 2.62. The highest BCUT2D eigenvalue weighted by atomic mass is 19.1. The minimum Gasteiger partial charge on any atom is -0.271 e. The Bertz CT molecular complexity index is 325. The summed E-state index contributed by atoms with van der Waals surface area (Å²) in [6.45, 7) is 3.67. The lowest BCUT2D eigenvalue weighted by Gasteiger charge is -2.15. The predicted molar refractivity (Wildman–Crippen MR) is 65.3 cm³/mol. The number of allylic oxidation sites excluding steroid dienone is 1. The van der Waals surface area contributed by atoms with E-state index in [0.717, 1.165) is 19.3 Å². The van der Waals surface area contributed by atoms with Crippen LogP contribution in [0.15, 0.2) is 36.9 Å². The molecule has 0 amide bonds. The van der Waals surface area contributed by atoms with Gasteiger partial charge in [0, 0.05) is 6.04 Å². The maximum atomic E-state index is 13.4. The summed E-state index contributed by atoms with van der Waals surface area (Å²) in [4.78, 5) is 0. The number of hydrogen-bond acceptors (Lipinski definition) is 2. The summed E-state index contributed by atoms with van der Waals surface area (Å²) in [6.07, 6.45) is 5.43. The largest absolute Gasteiger partial charge is 0.271 e.